The van der Waals surface area contributed by atoms with Crippen LogP contribution in [0, 0.1) is 0 Å². The molecule has 32 heavy (non-hydrogen) atoms. The molecule has 0 radical (unpaired) electrons. The van der Waals surface area contributed by atoms with Crippen LogP contribution in [0.25, 0.3) is 0 Å². The van der Waals surface area contributed by atoms with Crippen molar-refractivity contribution < 1.29 is 31.1 Å². The molecule has 0 fully saturated rings. The molecule has 1 amide bonds. The molecule has 0 bridgehead atoms. The molecule has 2 heterocycles. The van der Waals surface area contributed by atoms with E-state index in [0.717, 1.165) is 18.3 Å². The van der Waals surface area contributed by atoms with Gasteiger partial charge in [0.15, 0.2) is 6.04 Å². The number of nitrogens with zero attached hydrogens (tertiary/aromatic N) is 2. The number of rotatable bonds is 3. The lowest BCUT2D eigenvalue weighted by atomic mass is 9.96. The first-order valence-electron chi connectivity index (χ1n) is 9.49. The summed E-state index contributed by atoms with van der Waals surface area (Å²) in [5, 5.41) is 8.75. The van der Waals surface area contributed by atoms with Crippen molar-refractivity contribution in [1.82, 2.24) is 9.78 Å². The molecule has 0 aliphatic carbocycles. The molecule has 1 aliphatic rings. The van der Waals surface area contributed by atoms with Crippen LogP contribution in [0.4, 0.5) is 37.8 Å². The smallest absolute Gasteiger partial charge is 0.363 e. The third-order valence-electron chi connectivity index (χ3n) is 5.17. The van der Waals surface area contributed by atoms with Gasteiger partial charge in [0.05, 0.1) is 23.5 Å². The molecular formula is C21H16F6N4O. The first-order valence-corrected chi connectivity index (χ1v) is 9.49. The summed E-state index contributed by atoms with van der Waals surface area (Å²) in [6.07, 6.45) is -8.81. The van der Waals surface area contributed by atoms with Crippen molar-refractivity contribution in [2.75, 3.05) is 10.6 Å². The number of para-hydroxylation sites is 1. The highest BCUT2D eigenvalue weighted by Gasteiger charge is 2.47. The summed E-state index contributed by atoms with van der Waals surface area (Å²) >= 11 is 0. The van der Waals surface area contributed by atoms with Crippen LogP contribution >= 0.6 is 0 Å². The fraction of sp³-hybridized carbons (Fsp3) is 0.238. The lowest BCUT2D eigenvalue weighted by Crippen LogP contribution is -2.36. The Morgan fingerprint density at radius 1 is 1.00 bits per heavy atom. The van der Waals surface area contributed by atoms with Gasteiger partial charge in [-0.25, -0.2) is 4.68 Å². The molecule has 2 unspecified atom stereocenters. The molecule has 2 aromatic carbocycles. The fourth-order valence-electron chi connectivity index (χ4n) is 3.66. The Bertz CT molecular complexity index is 1120. The van der Waals surface area contributed by atoms with E-state index in [1.807, 2.05) is 0 Å². The Labute approximate surface area is 178 Å². The average Bonchev–Trinajstić information content (AvgIpc) is 3.16. The van der Waals surface area contributed by atoms with Gasteiger partial charge in [0.1, 0.15) is 11.4 Å². The first-order chi connectivity index (χ1) is 15.1. The van der Waals surface area contributed by atoms with Crippen LogP contribution < -0.4 is 10.6 Å². The van der Waals surface area contributed by atoms with Crippen molar-refractivity contribution >= 4 is 17.4 Å². The van der Waals surface area contributed by atoms with Crippen LogP contribution in [0.3, 0.4) is 0 Å². The van der Waals surface area contributed by atoms with Crippen LogP contribution in [-0.2, 0) is 6.18 Å². The van der Waals surface area contributed by atoms with Crippen molar-refractivity contribution in [1.29, 1.82) is 0 Å². The molecule has 2 N–H and O–H groups in total. The summed E-state index contributed by atoms with van der Waals surface area (Å²) < 4.78 is 81.6. The molecule has 0 spiro atoms. The number of aromatic nitrogens is 2. The number of carbonyl (C=O) groups is 1. The molecule has 168 valence electrons. The Morgan fingerprint density at radius 2 is 1.66 bits per heavy atom. The highest BCUT2D eigenvalue weighted by molar-refractivity contribution is 6.08. The van der Waals surface area contributed by atoms with Gasteiger partial charge in [0.25, 0.3) is 5.91 Å². The van der Waals surface area contributed by atoms with Gasteiger partial charge in [-0.3, -0.25) is 4.79 Å². The number of hydrogen-bond acceptors (Lipinski definition) is 3. The number of anilines is 2. The molecule has 3 aromatic rings. The first kappa shape index (κ1) is 21.7. The highest BCUT2D eigenvalue weighted by atomic mass is 19.4. The number of fused-ring (bicyclic) bond motifs is 1. The minimum atomic E-state index is -4.72. The van der Waals surface area contributed by atoms with Crippen LogP contribution in [0.15, 0.2) is 60.8 Å². The second-order valence-electron chi connectivity index (χ2n) is 7.25. The lowest BCUT2D eigenvalue weighted by molar-refractivity contribution is -0.173. The van der Waals surface area contributed by atoms with Gasteiger partial charge < -0.3 is 10.6 Å². The van der Waals surface area contributed by atoms with Crippen molar-refractivity contribution in [3.05, 3.63) is 77.5 Å². The quantitative estimate of drug-likeness (QED) is 0.491. The summed E-state index contributed by atoms with van der Waals surface area (Å²) in [6.45, 7) is 0. The highest BCUT2D eigenvalue weighted by Crippen LogP contribution is 2.44. The SMILES string of the molecule is O=C(Nc1ccccc1C(F)(F)F)c1cnn2c1NC(c1ccccc1)CC2C(F)(F)F. The zero-order chi connectivity index (χ0) is 23.1. The zero-order valence-electron chi connectivity index (χ0n) is 16.2. The van der Waals surface area contributed by atoms with E-state index in [9.17, 15) is 31.1 Å². The van der Waals surface area contributed by atoms with E-state index in [2.05, 4.69) is 15.7 Å². The maximum atomic E-state index is 13.7. The molecule has 5 nitrogen and oxygen atoms in total. The normalized spacial score (nSPS) is 18.6. The zero-order valence-corrected chi connectivity index (χ0v) is 16.2. The number of carbonyl (C=O) groups excluding carboxylic acids is 1. The van der Waals surface area contributed by atoms with Gasteiger partial charge in [0, 0.05) is 6.42 Å². The van der Waals surface area contributed by atoms with Crippen LogP contribution in [0.5, 0.6) is 0 Å². The van der Waals surface area contributed by atoms with Crippen molar-refractivity contribution in [2.45, 2.75) is 30.9 Å². The average molecular weight is 454 g/mol. The minimum absolute atomic E-state index is 0.214. The number of hydrogen-bond donors (Lipinski definition) is 2. The Kier molecular flexibility index (Phi) is 5.35. The van der Waals surface area contributed by atoms with E-state index in [1.165, 1.54) is 12.1 Å². The molecule has 1 aromatic heterocycles. The second kappa shape index (κ2) is 7.88. The third-order valence-corrected chi connectivity index (χ3v) is 5.17. The minimum Gasteiger partial charge on any atom is -0.363 e. The van der Waals surface area contributed by atoms with E-state index in [1.54, 1.807) is 30.3 Å². The summed E-state index contributed by atoms with van der Waals surface area (Å²) in [5.74, 6) is -1.22. The van der Waals surface area contributed by atoms with Crippen molar-refractivity contribution in [2.24, 2.45) is 0 Å². The number of amides is 1. The standard InChI is InChI=1S/C21H16F6N4O/c22-20(23,24)14-8-4-5-9-15(14)30-19(32)13-11-28-31-17(21(25,26)27)10-16(29-18(13)31)12-6-2-1-3-7-12/h1-9,11,16-17,29H,10H2,(H,30,32). The molecule has 2 atom stereocenters. The summed E-state index contributed by atoms with van der Waals surface area (Å²) in [6, 6.07) is 9.92. The molecule has 0 saturated heterocycles. The largest absolute Gasteiger partial charge is 0.418 e. The van der Waals surface area contributed by atoms with Crippen molar-refractivity contribution in [3.63, 3.8) is 0 Å². The predicted octanol–water partition coefficient (Wildman–Crippen LogP) is 5.81. The summed E-state index contributed by atoms with van der Waals surface area (Å²) in [5.41, 5.74) is -1.30. The molecule has 4 rings (SSSR count). The third kappa shape index (κ3) is 4.14. The molecule has 1 aliphatic heterocycles. The van der Waals surface area contributed by atoms with E-state index in [0.29, 0.717) is 10.2 Å². The topological polar surface area (TPSA) is 59.0 Å². The van der Waals surface area contributed by atoms with E-state index >= 15 is 0 Å². The fourth-order valence-corrected chi connectivity index (χ4v) is 3.66. The van der Waals surface area contributed by atoms with Crippen LogP contribution in [-0.4, -0.2) is 21.9 Å². The molecule has 0 saturated carbocycles. The molecule has 11 heteroatoms. The predicted molar refractivity (Wildman–Crippen MR) is 104 cm³/mol. The van der Waals surface area contributed by atoms with Gasteiger partial charge in [-0.1, -0.05) is 42.5 Å². The lowest BCUT2D eigenvalue weighted by Gasteiger charge is -2.34. The van der Waals surface area contributed by atoms with Crippen LogP contribution in [0.1, 0.15) is 40.0 Å². The Hall–Kier alpha value is -3.50. The van der Waals surface area contributed by atoms with Gasteiger partial charge in [-0.15, -0.1) is 0 Å². The maximum Gasteiger partial charge on any atom is 0.418 e. The van der Waals surface area contributed by atoms with Crippen molar-refractivity contribution in [3.8, 4) is 0 Å². The summed E-state index contributed by atoms with van der Waals surface area (Å²) in [4.78, 5) is 12.8. The second-order valence-corrected chi connectivity index (χ2v) is 7.25. The van der Waals surface area contributed by atoms with E-state index < -0.39 is 41.6 Å². The van der Waals surface area contributed by atoms with E-state index in [4.69, 9.17) is 0 Å². The summed E-state index contributed by atoms with van der Waals surface area (Å²) in [7, 11) is 0. The molecular weight excluding hydrogens is 438 g/mol. The maximum absolute atomic E-state index is 13.7. The Morgan fingerprint density at radius 3 is 2.31 bits per heavy atom. The monoisotopic (exact) mass is 454 g/mol. The number of halogens is 6. The number of nitrogens with one attached hydrogen (secondary N) is 2. The Balaban J connectivity index is 1.70. The van der Waals surface area contributed by atoms with Gasteiger partial charge in [-0.05, 0) is 17.7 Å². The van der Waals surface area contributed by atoms with E-state index in [-0.39, 0.29) is 17.8 Å². The number of alkyl halides is 6. The van der Waals surface area contributed by atoms with Crippen LogP contribution in [0.2, 0.25) is 0 Å². The van der Waals surface area contributed by atoms with Gasteiger partial charge in [0.2, 0.25) is 0 Å². The van der Waals surface area contributed by atoms with Gasteiger partial charge >= 0.3 is 12.4 Å². The van der Waals surface area contributed by atoms with Gasteiger partial charge in [-0.2, -0.15) is 31.4 Å². The number of benzene rings is 2.